The van der Waals surface area contributed by atoms with Gasteiger partial charge in [-0.25, -0.2) is 0 Å². The van der Waals surface area contributed by atoms with Crippen molar-refractivity contribution in [3.05, 3.63) is 65.7 Å². The van der Waals surface area contributed by atoms with Crippen molar-refractivity contribution < 1.29 is 19.1 Å². The SMILES string of the molecule is COc1ccc(OC)c(CN(C(=O)C2CCN(C(=O)C=Cc3ccccc3)CC2)C2CC2)c1. The van der Waals surface area contributed by atoms with Crippen LogP contribution in [0.3, 0.4) is 0 Å². The number of likely N-dealkylation sites (tertiary alicyclic amines) is 1. The van der Waals surface area contributed by atoms with Crippen LogP contribution in [0, 0.1) is 5.92 Å². The van der Waals surface area contributed by atoms with E-state index in [1.807, 2.05) is 64.4 Å². The van der Waals surface area contributed by atoms with Crippen LogP contribution in [0.5, 0.6) is 11.5 Å². The first-order valence-corrected chi connectivity index (χ1v) is 11.6. The smallest absolute Gasteiger partial charge is 0.246 e. The zero-order chi connectivity index (χ0) is 23.2. The lowest BCUT2D eigenvalue weighted by Gasteiger charge is -2.34. The minimum atomic E-state index is -0.0515. The van der Waals surface area contributed by atoms with E-state index in [9.17, 15) is 9.59 Å². The van der Waals surface area contributed by atoms with Crippen molar-refractivity contribution in [3.8, 4) is 11.5 Å². The van der Waals surface area contributed by atoms with Crippen molar-refractivity contribution in [1.29, 1.82) is 0 Å². The number of amides is 2. The summed E-state index contributed by atoms with van der Waals surface area (Å²) >= 11 is 0. The molecule has 0 N–H and O–H groups in total. The second-order valence-electron chi connectivity index (χ2n) is 8.72. The van der Waals surface area contributed by atoms with E-state index in [1.165, 1.54) is 0 Å². The van der Waals surface area contributed by atoms with Gasteiger partial charge < -0.3 is 19.3 Å². The average Bonchev–Trinajstić information content (AvgIpc) is 3.71. The van der Waals surface area contributed by atoms with E-state index >= 15 is 0 Å². The normalized spacial score (nSPS) is 16.6. The molecule has 2 aromatic rings. The molecule has 1 heterocycles. The van der Waals surface area contributed by atoms with Crippen molar-refractivity contribution in [3.63, 3.8) is 0 Å². The van der Waals surface area contributed by atoms with Crippen molar-refractivity contribution in [2.24, 2.45) is 5.92 Å². The molecule has 1 saturated heterocycles. The molecule has 0 radical (unpaired) electrons. The lowest BCUT2D eigenvalue weighted by Crippen LogP contribution is -2.44. The Hall–Kier alpha value is -3.28. The summed E-state index contributed by atoms with van der Waals surface area (Å²) in [7, 11) is 3.28. The summed E-state index contributed by atoms with van der Waals surface area (Å²) in [6.07, 6.45) is 6.95. The number of rotatable bonds is 8. The molecule has 1 saturated carbocycles. The minimum absolute atomic E-state index is 0.00455. The number of nitrogens with zero attached hydrogens (tertiary/aromatic N) is 2. The van der Waals surface area contributed by atoms with Gasteiger partial charge in [0.1, 0.15) is 11.5 Å². The third-order valence-electron chi connectivity index (χ3n) is 6.47. The van der Waals surface area contributed by atoms with Gasteiger partial charge >= 0.3 is 0 Å². The Morgan fingerprint density at radius 2 is 1.73 bits per heavy atom. The van der Waals surface area contributed by atoms with Gasteiger partial charge in [0.05, 0.1) is 14.2 Å². The quantitative estimate of drug-likeness (QED) is 0.570. The number of piperidine rings is 1. The monoisotopic (exact) mass is 448 g/mol. The van der Waals surface area contributed by atoms with E-state index in [2.05, 4.69) is 0 Å². The molecule has 0 unspecified atom stereocenters. The van der Waals surface area contributed by atoms with Crippen molar-refractivity contribution in [2.75, 3.05) is 27.3 Å². The average molecular weight is 449 g/mol. The minimum Gasteiger partial charge on any atom is -0.497 e. The predicted octanol–water partition coefficient (Wildman–Crippen LogP) is 4.15. The zero-order valence-electron chi connectivity index (χ0n) is 19.4. The number of ether oxygens (including phenoxy) is 2. The molecule has 1 aliphatic heterocycles. The third-order valence-corrected chi connectivity index (χ3v) is 6.47. The van der Waals surface area contributed by atoms with Gasteiger partial charge in [0.15, 0.2) is 0 Å². The van der Waals surface area contributed by atoms with Crippen LogP contribution in [0.15, 0.2) is 54.6 Å². The Morgan fingerprint density at radius 3 is 2.36 bits per heavy atom. The first kappa shape index (κ1) is 22.9. The van der Waals surface area contributed by atoms with Gasteiger partial charge in [0, 0.05) is 43.2 Å². The van der Waals surface area contributed by atoms with Crippen LogP contribution in [0.25, 0.3) is 6.08 Å². The van der Waals surface area contributed by atoms with E-state index in [0.29, 0.717) is 38.5 Å². The van der Waals surface area contributed by atoms with Crippen molar-refractivity contribution in [2.45, 2.75) is 38.3 Å². The number of hydrogen-bond acceptors (Lipinski definition) is 4. The Kier molecular flexibility index (Phi) is 7.33. The number of benzene rings is 2. The summed E-state index contributed by atoms with van der Waals surface area (Å²) in [4.78, 5) is 29.9. The first-order valence-electron chi connectivity index (χ1n) is 11.6. The molecule has 174 valence electrons. The molecule has 0 aromatic heterocycles. The van der Waals surface area contributed by atoms with E-state index in [-0.39, 0.29) is 17.7 Å². The lowest BCUT2D eigenvalue weighted by atomic mass is 9.94. The summed E-state index contributed by atoms with van der Waals surface area (Å²) in [6.45, 7) is 1.73. The maximum absolute atomic E-state index is 13.5. The van der Waals surface area contributed by atoms with E-state index in [4.69, 9.17) is 9.47 Å². The van der Waals surface area contributed by atoms with Crippen LogP contribution in [0.1, 0.15) is 36.8 Å². The lowest BCUT2D eigenvalue weighted by molar-refractivity contribution is -0.140. The first-order chi connectivity index (χ1) is 16.1. The van der Waals surface area contributed by atoms with Crippen LogP contribution < -0.4 is 9.47 Å². The molecule has 6 nitrogen and oxygen atoms in total. The molecular formula is C27H32N2O4. The van der Waals surface area contributed by atoms with E-state index in [1.54, 1.807) is 20.3 Å². The van der Waals surface area contributed by atoms with Crippen LogP contribution in [-0.2, 0) is 16.1 Å². The van der Waals surface area contributed by atoms with Crippen LogP contribution in [0.2, 0.25) is 0 Å². The van der Waals surface area contributed by atoms with Gasteiger partial charge in [-0.1, -0.05) is 30.3 Å². The van der Waals surface area contributed by atoms with Crippen LogP contribution in [0.4, 0.5) is 0 Å². The van der Waals surface area contributed by atoms with Gasteiger partial charge in [-0.05, 0) is 55.5 Å². The molecule has 1 aliphatic carbocycles. The highest BCUT2D eigenvalue weighted by atomic mass is 16.5. The molecular weight excluding hydrogens is 416 g/mol. The van der Waals surface area contributed by atoms with Gasteiger partial charge in [0.25, 0.3) is 0 Å². The number of methoxy groups -OCH3 is 2. The highest BCUT2D eigenvalue weighted by molar-refractivity contribution is 5.92. The van der Waals surface area contributed by atoms with Gasteiger partial charge in [-0.2, -0.15) is 0 Å². The van der Waals surface area contributed by atoms with Crippen LogP contribution >= 0.6 is 0 Å². The molecule has 0 spiro atoms. The fourth-order valence-corrected chi connectivity index (χ4v) is 4.38. The van der Waals surface area contributed by atoms with E-state index < -0.39 is 0 Å². The van der Waals surface area contributed by atoms with Crippen molar-refractivity contribution >= 4 is 17.9 Å². The summed E-state index contributed by atoms with van der Waals surface area (Å²) in [6, 6.07) is 15.8. The summed E-state index contributed by atoms with van der Waals surface area (Å²) in [5.74, 6) is 1.66. The predicted molar refractivity (Wildman–Crippen MR) is 128 cm³/mol. The molecule has 2 fully saturated rings. The Labute approximate surface area is 195 Å². The number of hydrogen-bond donors (Lipinski definition) is 0. The highest BCUT2D eigenvalue weighted by Gasteiger charge is 2.37. The summed E-state index contributed by atoms with van der Waals surface area (Å²) in [5, 5.41) is 0. The molecule has 2 amide bonds. The fraction of sp³-hybridized carbons (Fsp3) is 0.407. The van der Waals surface area contributed by atoms with Crippen LogP contribution in [-0.4, -0.2) is 55.0 Å². The van der Waals surface area contributed by atoms with Gasteiger partial charge in [-0.3, -0.25) is 9.59 Å². The summed E-state index contributed by atoms with van der Waals surface area (Å²) in [5.41, 5.74) is 1.96. The van der Waals surface area contributed by atoms with Gasteiger partial charge in [-0.15, -0.1) is 0 Å². The van der Waals surface area contributed by atoms with Crippen molar-refractivity contribution in [1.82, 2.24) is 9.80 Å². The maximum atomic E-state index is 13.5. The van der Waals surface area contributed by atoms with E-state index in [0.717, 1.165) is 35.5 Å². The second-order valence-corrected chi connectivity index (χ2v) is 8.72. The molecule has 6 heteroatoms. The molecule has 0 bridgehead atoms. The topological polar surface area (TPSA) is 59.1 Å². The Balaban J connectivity index is 1.37. The number of carbonyl (C=O) groups excluding carboxylic acids is 2. The number of carbonyl (C=O) groups is 2. The summed E-state index contributed by atoms with van der Waals surface area (Å²) < 4.78 is 10.9. The molecule has 2 aromatic carbocycles. The second kappa shape index (κ2) is 10.6. The maximum Gasteiger partial charge on any atom is 0.246 e. The molecule has 0 atom stereocenters. The largest absolute Gasteiger partial charge is 0.497 e. The Bertz CT molecular complexity index is 992. The zero-order valence-corrected chi connectivity index (χ0v) is 19.4. The third kappa shape index (κ3) is 5.75. The van der Waals surface area contributed by atoms with Gasteiger partial charge in [0.2, 0.25) is 11.8 Å². The molecule has 2 aliphatic rings. The Morgan fingerprint density at radius 1 is 1.00 bits per heavy atom. The molecule has 4 rings (SSSR count). The standard InChI is InChI=1S/C27H32N2O4/c1-32-24-11-12-25(33-2)22(18-24)19-29(23-9-10-23)27(31)21-14-16-28(17-15-21)26(30)13-8-20-6-4-3-5-7-20/h3-8,11-13,18,21,23H,9-10,14-17,19H2,1-2H3. The fourth-order valence-electron chi connectivity index (χ4n) is 4.38. The highest BCUT2D eigenvalue weighted by Crippen LogP contribution is 2.34. The molecule has 33 heavy (non-hydrogen) atoms.